The van der Waals surface area contributed by atoms with E-state index in [1.54, 1.807) is 11.0 Å². The van der Waals surface area contributed by atoms with Crippen LogP contribution in [0.15, 0.2) is 35.2 Å². The van der Waals surface area contributed by atoms with Gasteiger partial charge in [0.25, 0.3) is 5.91 Å². The fourth-order valence-corrected chi connectivity index (χ4v) is 4.43. The van der Waals surface area contributed by atoms with Crippen molar-refractivity contribution in [3.63, 3.8) is 0 Å². The SMILES string of the molecule is Cc1cc(C(=O)N2CCN(S(=O)(=O)c3ccc(F)cc3)CC2)c(C)[nH]1. The zero-order valence-corrected chi connectivity index (χ0v) is 14.9. The molecule has 1 aliphatic heterocycles. The Hall–Kier alpha value is -2.19. The summed E-state index contributed by atoms with van der Waals surface area (Å²) >= 11 is 0. The Bertz CT molecular complexity index is 882. The minimum Gasteiger partial charge on any atom is -0.362 e. The molecule has 1 saturated heterocycles. The lowest BCUT2D eigenvalue weighted by Crippen LogP contribution is -2.50. The maximum atomic E-state index is 13.0. The van der Waals surface area contributed by atoms with Crippen LogP contribution in [0, 0.1) is 19.7 Å². The van der Waals surface area contributed by atoms with Crippen LogP contribution in [0.1, 0.15) is 21.7 Å². The third-order valence-electron chi connectivity index (χ3n) is 4.36. The first-order valence-electron chi connectivity index (χ1n) is 8.00. The third-order valence-corrected chi connectivity index (χ3v) is 6.27. The van der Waals surface area contributed by atoms with Gasteiger partial charge in [-0.2, -0.15) is 4.31 Å². The molecule has 2 aromatic rings. The van der Waals surface area contributed by atoms with Gasteiger partial charge in [0.15, 0.2) is 0 Å². The molecule has 1 aromatic heterocycles. The lowest BCUT2D eigenvalue weighted by Gasteiger charge is -2.34. The molecule has 0 saturated carbocycles. The first-order chi connectivity index (χ1) is 11.8. The Labute approximate surface area is 146 Å². The number of hydrogen-bond acceptors (Lipinski definition) is 3. The average Bonchev–Trinajstić information content (AvgIpc) is 2.93. The number of amides is 1. The van der Waals surface area contributed by atoms with Gasteiger partial charge in [0, 0.05) is 37.6 Å². The standard InChI is InChI=1S/C17H20FN3O3S/c1-12-11-16(13(2)19-12)17(22)20-7-9-21(10-8-20)25(23,24)15-5-3-14(18)4-6-15/h3-6,11,19H,7-10H2,1-2H3. The molecule has 0 radical (unpaired) electrons. The number of carbonyl (C=O) groups excluding carboxylic acids is 1. The molecule has 0 unspecified atom stereocenters. The molecule has 1 amide bonds. The molecular weight excluding hydrogens is 345 g/mol. The zero-order chi connectivity index (χ0) is 18.2. The van der Waals surface area contributed by atoms with Crippen molar-refractivity contribution >= 4 is 15.9 Å². The summed E-state index contributed by atoms with van der Waals surface area (Å²) in [6.45, 7) is 4.81. The van der Waals surface area contributed by atoms with Gasteiger partial charge in [0.1, 0.15) is 5.82 Å². The largest absolute Gasteiger partial charge is 0.362 e. The predicted octanol–water partition coefficient (Wildman–Crippen LogP) is 1.92. The third kappa shape index (κ3) is 3.45. The van der Waals surface area contributed by atoms with Crippen LogP contribution in [0.3, 0.4) is 0 Å². The summed E-state index contributed by atoms with van der Waals surface area (Å²) in [5.74, 6) is -0.577. The number of aromatic nitrogens is 1. The molecule has 8 heteroatoms. The number of aryl methyl sites for hydroxylation is 2. The molecule has 25 heavy (non-hydrogen) atoms. The van der Waals surface area contributed by atoms with E-state index in [1.807, 2.05) is 13.8 Å². The van der Waals surface area contributed by atoms with Crippen molar-refractivity contribution < 1.29 is 17.6 Å². The average molecular weight is 365 g/mol. The molecule has 0 spiro atoms. The highest BCUT2D eigenvalue weighted by molar-refractivity contribution is 7.89. The molecule has 1 aromatic carbocycles. The zero-order valence-electron chi connectivity index (χ0n) is 14.1. The molecule has 1 aliphatic rings. The lowest BCUT2D eigenvalue weighted by atomic mass is 10.2. The van der Waals surface area contributed by atoms with E-state index in [2.05, 4.69) is 4.98 Å². The smallest absolute Gasteiger partial charge is 0.255 e. The minimum absolute atomic E-state index is 0.0609. The van der Waals surface area contributed by atoms with Gasteiger partial charge in [-0.1, -0.05) is 0 Å². The molecule has 6 nitrogen and oxygen atoms in total. The predicted molar refractivity (Wildman–Crippen MR) is 91.3 cm³/mol. The van der Waals surface area contributed by atoms with Gasteiger partial charge in [0.05, 0.1) is 10.5 Å². The van der Waals surface area contributed by atoms with Gasteiger partial charge in [-0.25, -0.2) is 12.8 Å². The van der Waals surface area contributed by atoms with E-state index in [0.29, 0.717) is 18.7 Å². The Balaban J connectivity index is 1.70. The number of hydrogen-bond donors (Lipinski definition) is 1. The highest BCUT2D eigenvalue weighted by Crippen LogP contribution is 2.20. The molecule has 0 bridgehead atoms. The van der Waals surface area contributed by atoms with Crippen LogP contribution in [-0.4, -0.2) is 54.7 Å². The summed E-state index contributed by atoms with van der Waals surface area (Å²) in [7, 11) is -3.67. The first kappa shape index (κ1) is 17.6. The minimum atomic E-state index is -3.67. The second-order valence-electron chi connectivity index (χ2n) is 6.14. The van der Waals surface area contributed by atoms with Gasteiger partial charge in [0.2, 0.25) is 10.0 Å². The molecule has 1 N–H and O–H groups in total. The summed E-state index contributed by atoms with van der Waals surface area (Å²) in [6.07, 6.45) is 0. The van der Waals surface area contributed by atoms with Gasteiger partial charge < -0.3 is 9.88 Å². The van der Waals surface area contributed by atoms with Crippen LogP contribution in [0.25, 0.3) is 0 Å². The number of aromatic amines is 1. The van der Waals surface area contributed by atoms with E-state index in [-0.39, 0.29) is 23.9 Å². The maximum Gasteiger partial charge on any atom is 0.255 e. The first-order valence-corrected chi connectivity index (χ1v) is 9.44. The number of rotatable bonds is 3. The van der Waals surface area contributed by atoms with Crippen molar-refractivity contribution in [2.75, 3.05) is 26.2 Å². The lowest BCUT2D eigenvalue weighted by molar-refractivity contribution is 0.0697. The van der Waals surface area contributed by atoms with Crippen molar-refractivity contribution in [2.24, 2.45) is 0 Å². The normalized spacial score (nSPS) is 16.2. The van der Waals surface area contributed by atoms with E-state index in [9.17, 15) is 17.6 Å². The van der Waals surface area contributed by atoms with E-state index in [4.69, 9.17) is 0 Å². The summed E-state index contributed by atoms with van der Waals surface area (Å²) in [4.78, 5) is 17.4. The van der Waals surface area contributed by atoms with Gasteiger partial charge in [-0.05, 0) is 44.2 Å². The number of halogens is 1. The second kappa shape index (κ2) is 6.61. The van der Waals surface area contributed by atoms with Gasteiger partial charge in [-0.15, -0.1) is 0 Å². The van der Waals surface area contributed by atoms with Crippen LogP contribution in [0.4, 0.5) is 4.39 Å². The monoisotopic (exact) mass is 365 g/mol. The van der Waals surface area contributed by atoms with Crippen molar-refractivity contribution in [1.29, 1.82) is 0 Å². The summed E-state index contributed by atoms with van der Waals surface area (Å²) < 4.78 is 39.5. The van der Waals surface area contributed by atoms with Gasteiger partial charge >= 0.3 is 0 Å². The number of H-pyrrole nitrogens is 1. The fraction of sp³-hybridized carbons (Fsp3) is 0.353. The maximum absolute atomic E-state index is 13.0. The Morgan fingerprint density at radius 3 is 2.20 bits per heavy atom. The summed E-state index contributed by atoms with van der Waals surface area (Å²) in [6, 6.07) is 6.58. The van der Waals surface area contributed by atoms with Crippen molar-refractivity contribution in [2.45, 2.75) is 18.7 Å². The molecule has 1 fully saturated rings. The van der Waals surface area contributed by atoms with Crippen molar-refractivity contribution in [1.82, 2.24) is 14.2 Å². The molecule has 2 heterocycles. The molecule has 134 valence electrons. The number of nitrogens with zero attached hydrogens (tertiary/aromatic N) is 2. The molecular formula is C17H20FN3O3S. The van der Waals surface area contributed by atoms with Crippen molar-refractivity contribution in [3.05, 3.63) is 53.1 Å². The fourth-order valence-electron chi connectivity index (χ4n) is 3.00. The van der Waals surface area contributed by atoms with E-state index in [0.717, 1.165) is 23.5 Å². The summed E-state index contributed by atoms with van der Waals surface area (Å²) in [5.41, 5.74) is 2.34. The molecule has 3 rings (SSSR count). The number of carbonyl (C=O) groups is 1. The quantitative estimate of drug-likeness (QED) is 0.903. The number of piperazine rings is 1. The van der Waals surface area contributed by atoms with Crippen LogP contribution in [0.2, 0.25) is 0 Å². The Morgan fingerprint density at radius 2 is 1.68 bits per heavy atom. The highest BCUT2D eigenvalue weighted by atomic mass is 32.2. The highest BCUT2D eigenvalue weighted by Gasteiger charge is 2.31. The number of nitrogens with one attached hydrogen (secondary N) is 1. The second-order valence-corrected chi connectivity index (χ2v) is 8.08. The van der Waals surface area contributed by atoms with E-state index < -0.39 is 15.8 Å². The van der Waals surface area contributed by atoms with E-state index in [1.165, 1.54) is 16.4 Å². The summed E-state index contributed by atoms with van der Waals surface area (Å²) in [5, 5.41) is 0. The Kier molecular flexibility index (Phi) is 4.66. The number of sulfonamides is 1. The topological polar surface area (TPSA) is 73.5 Å². The van der Waals surface area contributed by atoms with Crippen molar-refractivity contribution in [3.8, 4) is 0 Å². The van der Waals surface area contributed by atoms with Crippen LogP contribution in [-0.2, 0) is 10.0 Å². The Morgan fingerprint density at radius 1 is 1.08 bits per heavy atom. The van der Waals surface area contributed by atoms with Crippen LogP contribution < -0.4 is 0 Å². The molecule has 0 atom stereocenters. The van der Waals surface area contributed by atoms with Gasteiger partial charge in [-0.3, -0.25) is 4.79 Å². The van der Waals surface area contributed by atoms with Crippen LogP contribution in [0.5, 0.6) is 0 Å². The number of benzene rings is 1. The van der Waals surface area contributed by atoms with Crippen LogP contribution >= 0.6 is 0 Å². The van der Waals surface area contributed by atoms with E-state index >= 15 is 0 Å². The molecule has 0 aliphatic carbocycles.